The second-order valence-corrected chi connectivity index (χ2v) is 5.42. The molecule has 0 spiro atoms. The van der Waals surface area contributed by atoms with Crippen molar-refractivity contribution in [2.24, 2.45) is 0 Å². The zero-order valence-electron chi connectivity index (χ0n) is 9.15. The van der Waals surface area contributed by atoms with Gasteiger partial charge in [0.2, 0.25) is 10.0 Å². The van der Waals surface area contributed by atoms with E-state index in [1.165, 1.54) is 18.2 Å². The Kier molecular flexibility index (Phi) is 4.18. The summed E-state index contributed by atoms with van der Waals surface area (Å²) in [7, 11) is -3.97. The minimum Gasteiger partial charge on any atom is -0.390 e. The van der Waals surface area contributed by atoms with Gasteiger partial charge in [-0.15, -0.1) is 0 Å². The maximum Gasteiger partial charge on any atom is 0.283 e. The summed E-state index contributed by atoms with van der Waals surface area (Å²) in [6, 6.07) is 5.90. The van der Waals surface area contributed by atoms with Crippen molar-refractivity contribution in [2.75, 3.05) is 13.2 Å². The number of hydrogen-bond donors (Lipinski definition) is 2. The molecule has 0 atom stereocenters. The normalized spacial score (nSPS) is 12.7. The van der Waals surface area contributed by atoms with Gasteiger partial charge < -0.3 is 5.11 Å². The SMILES string of the molecule is Cc1cccc(S(=O)(=O)NCC(F)(F)CO)c1. The van der Waals surface area contributed by atoms with Crippen molar-refractivity contribution < 1.29 is 22.3 Å². The molecule has 2 N–H and O–H groups in total. The first-order chi connectivity index (χ1) is 7.77. The fourth-order valence-electron chi connectivity index (χ4n) is 1.12. The highest BCUT2D eigenvalue weighted by atomic mass is 32.2. The fourth-order valence-corrected chi connectivity index (χ4v) is 2.29. The molecule has 0 heterocycles. The van der Waals surface area contributed by atoms with Crippen molar-refractivity contribution in [2.45, 2.75) is 17.7 Å². The van der Waals surface area contributed by atoms with E-state index in [2.05, 4.69) is 0 Å². The van der Waals surface area contributed by atoms with E-state index >= 15 is 0 Å². The number of benzene rings is 1. The number of rotatable bonds is 5. The average molecular weight is 265 g/mol. The van der Waals surface area contributed by atoms with Crippen molar-refractivity contribution in [3.05, 3.63) is 29.8 Å². The minimum absolute atomic E-state index is 0.0776. The number of alkyl halides is 2. The third-order valence-corrected chi connectivity index (χ3v) is 3.45. The van der Waals surface area contributed by atoms with Crippen LogP contribution in [-0.4, -0.2) is 32.6 Å². The maximum absolute atomic E-state index is 12.7. The van der Waals surface area contributed by atoms with Gasteiger partial charge in [0.05, 0.1) is 11.4 Å². The Morgan fingerprint density at radius 3 is 2.59 bits per heavy atom. The van der Waals surface area contributed by atoms with Gasteiger partial charge in [-0.25, -0.2) is 21.9 Å². The third-order valence-electron chi connectivity index (χ3n) is 2.05. The number of aryl methyl sites for hydroxylation is 1. The topological polar surface area (TPSA) is 66.4 Å². The van der Waals surface area contributed by atoms with E-state index in [-0.39, 0.29) is 4.90 Å². The number of halogens is 2. The van der Waals surface area contributed by atoms with Crippen LogP contribution in [0.1, 0.15) is 5.56 Å². The van der Waals surface area contributed by atoms with Crippen LogP contribution in [0.5, 0.6) is 0 Å². The van der Waals surface area contributed by atoms with E-state index in [0.717, 1.165) is 0 Å². The first-order valence-electron chi connectivity index (χ1n) is 4.82. The summed E-state index contributed by atoms with van der Waals surface area (Å²) in [6.07, 6.45) is 0. The van der Waals surface area contributed by atoms with E-state index in [4.69, 9.17) is 5.11 Å². The lowest BCUT2D eigenvalue weighted by Gasteiger charge is -2.14. The molecule has 0 bridgehead atoms. The third kappa shape index (κ3) is 4.03. The van der Waals surface area contributed by atoms with Crippen LogP contribution in [0.25, 0.3) is 0 Å². The molecule has 0 aliphatic rings. The highest BCUT2D eigenvalue weighted by Crippen LogP contribution is 2.14. The zero-order valence-corrected chi connectivity index (χ0v) is 9.97. The summed E-state index contributed by atoms with van der Waals surface area (Å²) in [4.78, 5) is -0.0776. The van der Waals surface area contributed by atoms with Crippen molar-refractivity contribution >= 4 is 10.0 Å². The molecule has 1 rings (SSSR count). The van der Waals surface area contributed by atoms with Crippen molar-refractivity contribution in [1.29, 1.82) is 0 Å². The largest absolute Gasteiger partial charge is 0.390 e. The van der Waals surface area contributed by atoms with Crippen LogP contribution in [0.15, 0.2) is 29.2 Å². The van der Waals surface area contributed by atoms with Gasteiger partial charge in [0.15, 0.2) is 0 Å². The standard InChI is InChI=1S/C10H13F2NO3S/c1-8-3-2-4-9(5-8)17(15,16)13-6-10(11,12)7-14/h2-5,13-14H,6-7H2,1H3. The Bertz CT molecular complexity index is 488. The van der Waals surface area contributed by atoms with Gasteiger partial charge in [-0.05, 0) is 24.6 Å². The van der Waals surface area contributed by atoms with Crippen LogP contribution in [0.2, 0.25) is 0 Å². The van der Waals surface area contributed by atoms with Crippen molar-refractivity contribution in [3.63, 3.8) is 0 Å². The van der Waals surface area contributed by atoms with Gasteiger partial charge in [-0.1, -0.05) is 12.1 Å². The minimum atomic E-state index is -3.97. The molecule has 1 aromatic carbocycles. The lowest BCUT2D eigenvalue weighted by atomic mass is 10.2. The van der Waals surface area contributed by atoms with Crippen molar-refractivity contribution in [3.8, 4) is 0 Å². The number of nitrogens with one attached hydrogen (secondary N) is 1. The molecular weight excluding hydrogens is 252 g/mol. The smallest absolute Gasteiger partial charge is 0.283 e. The quantitative estimate of drug-likeness (QED) is 0.831. The summed E-state index contributed by atoms with van der Waals surface area (Å²) in [5, 5.41) is 8.32. The highest BCUT2D eigenvalue weighted by Gasteiger charge is 2.30. The Hall–Kier alpha value is -1.05. The number of aliphatic hydroxyl groups is 1. The molecule has 4 nitrogen and oxygen atoms in total. The van der Waals surface area contributed by atoms with E-state index in [9.17, 15) is 17.2 Å². The van der Waals surface area contributed by atoms with Crippen molar-refractivity contribution in [1.82, 2.24) is 4.72 Å². The molecule has 0 aliphatic carbocycles. The Balaban J connectivity index is 2.83. The van der Waals surface area contributed by atoms with Crippen LogP contribution >= 0.6 is 0 Å². The Morgan fingerprint density at radius 1 is 1.41 bits per heavy atom. The van der Waals surface area contributed by atoms with Gasteiger partial charge in [0.25, 0.3) is 5.92 Å². The molecule has 0 radical (unpaired) electrons. The molecule has 17 heavy (non-hydrogen) atoms. The molecule has 1 aromatic rings. The van der Waals surface area contributed by atoms with Gasteiger partial charge in [0.1, 0.15) is 6.61 Å². The first-order valence-corrected chi connectivity index (χ1v) is 6.30. The van der Waals surface area contributed by atoms with Crippen LogP contribution in [0.3, 0.4) is 0 Å². The molecule has 7 heteroatoms. The number of hydrogen-bond acceptors (Lipinski definition) is 3. The summed E-state index contributed by atoms with van der Waals surface area (Å²) in [6.45, 7) is -0.829. The van der Waals surface area contributed by atoms with E-state index in [0.29, 0.717) is 5.56 Å². The molecule has 0 saturated carbocycles. The number of aliphatic hydroxyl groups excluding tert-OH is 1. The maximum atomic E-state index is 12.7. The lowest BCUT2D eigenvalue weighted by Crippen LogP contribution is -2.38. The number of sulfonamides is 1. The van der Waals surface area contributed by atoms with E-state index in [1.54, 1.807) is 17.7 Å². The molecule has 96 valence electrons. The second-order valence-electron chi connectivity index (χ2n) is 3.66. The zero-order chi connectivity index (χ0) is 13.1. The van der Waals surface area contributed by atoms with E-state index in [1.807, 2.05) is 0 Å². The lowest BCUT2D eigenvalue weighted by molar-refractivity contribution is -0.0437. The molecule has 0 amide bonds. The first kappa shape index (κ1) is 14.0. The monoisotopic (exact) mass is 265 g/mol. The molecular formula is C10H13F2NO3S. The van der Waals surface area contributed by atoms with Crippen LogP contribution < -0.4 is 4.72 Å². The predicted molar refractivity (Wildman–Crippen MR) is 58.4 cm³/mol. The van der Waals surface area contributed by atoms with Crippen LogP contribution in [0.4, 0.5) is 8.78 Å². The summed E-state index contributed by atoms with van der Waals surface area (Å²) in [5.74, 6) is -3.46. The van der Waals surface area contributed by atoms with Gasteiger partial charge in [0, 0.05) is 0 Å². The van der Waals surface area contributed by atoms with Gasteiger partial charge in [-0.2, -0.15) is 0 Å². The Labute approximate surface area is 98.3 Å². The predicted octanol–water partition coefficient (Wildman–Crippen LogP) is 0.901. The molecule has 0 saturated heterocycles. The molecule has 0 unspecified atom stereocenters. The van der Waals surface area contributed by atoms with E-state index < -0.39 is 29.1 Å². The average Bonchev–Trinajstić information content (AvgIpc) is 2.27. The molecule has 0 aliphatic heterocycles. The highest BCUT2D eigenvalue weighted by molar-refractivity contribution is 7.89. The summed E-state index contributed by atoms with van der Waals surface area (Å²) >= 11 is 0. The summed E-state index contributed by atoms with van der Waals surface area (Å²) in [5.41, 5.74) is 0.710. The molecule has 0 aromatic heterocycles. The van der Waals surface area contributed by atoms with Gasteiger partial charge in [-0.3, -0.25) is 0 Å². The fraction of sp³-hybridized carbons (Fsp3) is 0.400. The summed E-state index contributed by atoms with van der Waals surface area (Å²) < 4.78 is 50.4. The Morgan fingerprint density at radius 2 is 2.06 bits per heavy atom. The van der Waals surface area contributed by atoms with Crippen LogP contribution in [-0.2, 0) is 10.0 Å². The second kappa shape index (κ2) is 5.07. The van der Waals surface area contributed by atoms with Gasteiger partial charge >= 0.3 is 0 Å². The molecule has 0 fully saturated rings. The van der Waals surface area contributed by atoms with Crippen LogP contribution in [0, 0.1) is 6.92 Å².